The van der Waals surface area contributed by atoms with E-state index in [1.54, 1.807) is 0 Å². The van der Waals surface area contributed by atoms with Gasteiger partial charge in [0.05, 0.1) is 11.5 Å². The third kappa shape index (κ3) is 7.63. The van der Waals surface area contributed by atoms with Crippen molar-refractivity contribution in [3.63, 3.8) is 0 Å². The predicted molar refractivity (Wildman–Crippen MR) is 62.7 cm³/mol. The van der Waals surface area contributed by atoms with Crippen LogP contribution in [0.25, 0.3) is 0 Å². The third-order valence-electron chi connectivity index (χ3n) is 2.33. The molecule has 0 N–H and O–H groups in total. The van der Waals surface area contributed by atoms with Crippen molar-refractivity contribution in [1.82, 2.24) is 0 Å². The average Bonchev–Trinajstić information content (AvgIpc) is 2.13. The highest BCUT2D eigenvalue weighted by molar-refractivity contribution is 7.91. The maximum absolute atomic E-state index is 11.5. The quantitative estimate of drug-likeness (QED) is 0.612. The second-order valence-corrected chi connectivity index (χ2v) is 6.56. The molecule has 0 aliphatic heterocycles. The van der Waals surface area contributed by atoms with E-state index in [0.717, 1.165) is 25.7 Å². The normalized spacial score (nSPS) is 14.2. The van der Waals surface area contributed by atoms with Gasteiger partial charge in [-0.15, -0.1) is 11.6 Å². The van der Waals surface area contributed by atoms with Crippen molar-refractivity contribution in [3.05, 3.63) is 0 Å². The Bertz CT molecular complexity index is 224. The number of sulfone groups is 1. The van der Waals surface area contributed by atoms with Gasteiger partial charge >= 0.3 is 0 Å². The summed E-state index contributed by atoms with van der Waals surface area (Å²) in [6.45, 7) is 4.06. The van der Waals surface area contributed by atoms with E-state index in [2.05, 4.69) is 6.92 Å². The predicted octanol–water partition coefficient (Wildman–Crippen LogP) is 2.86. The molecule has 0 rings (SSSR count). The van der Waals surface area contributed by atoms with E-state index in [9.17, 15) is 8.42 Å². The van der Waals surface area contributed by atoms with Gasteiger partial charge in [-0.2, -0.15) is 0 Å². The number of halogens is 1. The summed E-state index contributed by atoms with van der Waals surface area (Å²) in [5.74, 6) is 1.71. The number of rotatable bonds is 8. The molecule has 0 saturated heterocycles. The van der Waals surface area contributed by atoms with Crippen molar-refractivity contribution >= 4 is 21.4 Å². The number of hydrogen-bond acceptors (Lipinski definition) is 2. The molecule has 0 aliphatic rings. The van der Waals surface area contributed by atoms with Crippen LogP contribution < -0.4 is 0 Å². The second kappa shape index (κ2) is 7.52. The Morgan fingerprint density at radius 1 is 1.21 bits per heavy atom. The monoisotopic (exact) mass is 240 g/mol. The molecule has 0 aromatic rings. The Labute approximate surface area is 93.0 Å². The topological polar surface area (TPSA) is 34.1 Å². The maximum Gasteiger partial charge on any atom is 0.150 e. The molecule has 0 aliphatic carbocycles. The molecule has 0 amide bonds. The molecule has 14 heavy (non-hydrogen) atoms. The number of hydrogen-bond donors (Lipinski definition) is 0. The van der Waals surface area contributed by atoms with Crippen molar-refractivity contribution in [2.45, 2.75) is 39.5 Å². The Morgan fingerprint density at radius 3 is 2.36 bits per heavy atom. The highest BCUT2D eigenvalue weighted by atomic mass is 35.5. The third-order valence-corrected chi connectivity index (χ3v) is 4.32. The lowest BCUT2D eigenvalue weighted by Gasteiger charge is -2.09. The van der Waals surface area contributed by atoms with Gasteiger partial charge in [-0.25, -0.2) is 8.42 Å². The van der Waals surface area contributed by atoms with Gasteiger partial charge in [0.2, 0.25) is 0 Å². The zero-order valence-corrected chi connectivity index (χ0v) is 10.7. The SMILES string of the molecule is CCCCS(=O)(=O)CCC(C)CCCl. The molecule has 0 aromatic heterocycles. The fourth-order valence-electron chi connectivity index (χ4n) is 1.18. The van der Waals surface area contributed by atoms with E-state index in [1.165, 1.54) is 0 Å². The fraction of sp³-hybridized carbons (Fsp3) is 1.00. The van der Waals surface area contributed by atoms with Crippen molar-refractivity contribution in [2.75, 3.05) is 17.4 Å². The van der Waals surface area contributed by atoms with Gasteiger partial charge in [-0.3, -0.25) is 0 Å². The van der Waals surface area contributed by atoms with Crippen LogP contribution in [0.1, 0.15) is 39.5 Å². The Morgan fingerprint density at radius 2 is 1.86 bits per heavy atom. The second-order valence-electron chi connectivity index (χ2n) is 3.88. The van der Waals surface area contributed by atoms with Crippen LogP contribution in [0.4, 0.5) is 0 Å². The summed E-state index contributed by atoms with van der Waals surface area (Å²) < 4.78 is 22.9. The van der Waals surface area contributed by atoms with Crippen molar-refractivity contribution in [2.24, 2.45) is 5.92 Å². The first-order valence-electron chi connectivity index (χ1n) is 5.28. The Balaban J connectivity index is 3.75. The van der Waals surface area contributed by atoms with Gasteiger partial charge in [0.25, 0.3) is 0 Å². The molecule has 86 valence electrons. The van der Waals surface area contributed by atoms with Crippen molar-refractivity contribution in [1.29, 1.82) is 0 Å². The largest absolute Gasteiger partial charge is 0.229 e. The zero-order valence-electron chi connectivity index (χ0n) is 9.13. The smallest absolute Gasteiger partial charge is 0.150 e. The van der Waals surface area contributed by atoms with Crippen molar-refractivity contribution in [3.8, 4) is 0 Å². The van der Waals surface area contributed by atoms with Gasteiger partial charge < -0.3 is 0 Å². The van der Waals surface area contributed by atoms with E-state index in [1.807, 2.05) is 6.92 Å². The summed E-state index contributed by atoms with van der Waals surface area (Å²) in [6.07, 6.45) is 3.38. The van der Waals surface area contributed by atoms with Crippen LogP contribution in [0.3, 0.4) is 0 Å². The first-order chi connectivity index (χ1) is 6.52. The molecule has 0 heterocycles. The minimum absolute atomic E-state index is 0.324. The van der Waals surface area contributed by atoms with Crippen LogP contribution in [0.2, 0.25) is 0 Å². The maximum atomic E-state index is 11.5. The van der Waals surface area contributed by atoms with Crippen LogP contribution in [0, 0.1) is 5.92 Å². The highest BCUT2D eigenvalue weighted by Crippen LogP contribution is 2.11. The lowest BCUT2D eigenvalue weighted by atomic mass is 10.1. The van der Waals surface area contributed by atoms with Crippen LogP contribution in [0.5, 0.6) is 0 Å². The van der Waals surface area contributed by atoms with Gasteiger partial charge in [-0.1, -0.05) is 20.3 Å². The summed E-state index contributed by atoms with van der Waals surface area (Å²) in [4.78, 5) is 0. The standard InChI is InChI=1S/C10H21ClO2S/c1-3-4-8-14(12,13)9-6-10(2)5-7-11/h10H,3-9H2,1-2H3. The molecule has 1 unspecified atom stereocenters. The molecular weight excluding hydrogens is 220 g/mol. The molecule has 0 radical (unpaired) electrons. The molecule has 4 heteroatoms. The van der Waals surface area contributed by atoms with E-state index in [4.69, 9.17) is 11.6 Å². The number of alkyl halides is 1. The Hall–Kier alpha value is 0.240. The number of unbranched alkanes of at least 4 members (excludes halogenated alkanes) is 1. The zero-order chi connectivity index (χ0) is 11.0. The summed E-state index contributed by atoms with van der Waals surface area (Å²) >= 11 is 5.58. The first kappa shape index (κ1) is 14.2. The van der Waals surface area contributed by atoms with Gasteiger partial charge in [-0.05, 0) is 25.2 Å². The molecule has 0 bridgehead atoms. The average molecular weight is 241 g/mol. The molecule has 0 spiro atoms. The first-order valence-corrected chi connectivity index (χ1v) is 7.63. The van der Waals surface area contributed by atoms with Gasteiger partial charge in [0.1, 0.15) is 9.84 Å². The van der Waals surface area contributed by atoms with Crippen LogP contribution in [0.15, 0.2) is 0 Å². The highest BCUT2D eigenvalue weighted by Gasteiger charge is 2.12. The summed E-state index contributed by atoms with van der Waals surface area (Å²) in [5.41, 5.74) is 0. The summed E-state index contributed by atoms with van der Waals surface area (Å²) in [7, 11) is -2.80. The van der Waals surface area contributed by atoms with Crippen molar-refractivity contribution < 1.29 is 8.42 Å². The minimum Gasteiger partial charge on any atom is -0.229 e. The van der Waals surface area contributed by atoms with E-state index in [-0.39, 0.29) is 0 Å². The van der Waals surface area contributed by atoms with E-state index in [0.29, 0.717) is 23.3 Å². The molecule has 0 aromatic carbocycles. The molecule has 0 saturated carbocycles. The fourth-order valence-corrected chi connectivity index (χ4v) is 3.24. The molecular formula is C10H21ClO2S. The Kier molecular flexibility index (Phi) is 7.65. The molecule has 1 atom stereocenters. The lowest BCUT2D eigenvalue weighted by molar-refractivity contribution is 0.533. The molecule has 0 fully saturated rings. The van der Waals surface area contributed by atoms with Gasteiger partial charge in [0, 0.05) is 5.88 Å². The summed E-state index contributed by atoms with van der Waals surface area (Å²) in [5, 5.41) is 0. The van der Waals surface area contributed by atoms with Crippen LogP contribution >= 0.6 is 11.6 Å². The van der Waals surface area contributed by atoms with Crippen LogP contribution in [-0.4, -0.2) is 25.8 Å². The van der Waals surface area contributed by atoms with Gasteiger partial charge in [0.15, 0.2) is 0 Å². The van der Waals surface area contributed by atoms with E-state index < -0.39 is 9.84 Å². The van der Waals surface area contributed by atoms with E-state index >= 15 is 0 Å². The lowest BCUT2D eigenvalue weighted by Crippen LogP contribution is -2.13. The summed E-state index contributed by atoms with van der Waals surface area (Å²) in [6, 6.07) is 0. The molecule has 2 nitrogen and oxygen atoms in total. The van der Waals surface area contributed by atoms with Crippen LogP contribution in [-0.2, 0) is 9.84 Å². The minimum atomic E-state index is -2.80.